The molecule has 1 fully saturated rings. The van der Waals surface area contributed by atoms with Gasteiger partial charge in [-0.3, -0.25) is 9.59 Å². The highest BCUT2D eigenvalue weighted by Gasteiger charge is 2.33. The first-order chi connectivity index (χ1) is 10.6. The van der Waals surface area contributed by atoms with Crippen LogP contribution < -0.4 is 10.6 Å². The van der Waals surface area contributed by atoms with Crippen molar-refractivity contribution in [2.24, 2.45) is 0 Å². The van der Waals surface area contributed by atoms with Gasteiger partial charge in [-0.1, -0.05) is 0 Å². The number of carbonyl (C=O) groups is 4. The first-order valence-corrected chi connectivity index (χ1v) is 7.36. The van der Waals surface area contributed by atoms with Crippen LogP contribution in [0.25, 0.3) is 0 Å². The fourth-order valence-corrected chi connectivity index (χ4v) is 2.13. The van der Waals surface area contributed by atoms with Crippen LogP contribution in [0.3, 0.4) is 0 Å². The van der Waals surface area contributed by atoms with Gasteiger partial charge in [0.25, 0.3) is 0 Å². The van der Waals surface area contributed by atoms with E-state index in [-0.39, 0.29) is 13.1 Å². The zero-order chi connectivity index (χ0) is 17.6. The fraction of sp³-hybridized carbons (Fsp3) is 0.714. The molecule has 1 saturated heterocycles. The van der Waals surface area contributed by atoms with Gasteiger partial charge in [0.05, 0.1) is 6.54 Å². The molecule has 0 spiro atoms. The number of ether oxygens (including phenoxy) is 1. The summed E-state index contributed by atoms with van der Waals surface area (Å²) in [5.41, 5.74) is -0.669. The molecule has 1 heterocycles. The second-order valence-electron chi connectivity index (χ2n) is 6.22. The van der Waals surface area contributed by atoms with Crippen LogP contribution >= 0.6 is 0 Å². The van der Waals surface area contributed by atoms with E-state index in [0.29, 0.717) is 19.4 Å². The van der Waals surface area contributed by atoms with E-state index in [4.69, 9.17) is 9.84 Å². The quantitative estimate of drug-likeness (QED) is 0.636. The molecule has 1 aliphatic heterocycles. The standard InChI is InChI=1S/C14H23N3O6/c1-14(2,3)23-13(22)16-7-10(18)15-8-11(19)17-6-4-5-9(17)12(20)21/h9H,4-8H2,1-3H3,(H,15,18)(H,16,22)(H,20,21)/t9-/m0/s1. The molecule has 0 bridgehead atoms. The van der Waals surface area contributed by atoms with E-state index in [1.54, 1.807) is 20.8 Å². The van der Waals surface area contributed by atoms with Gasteiger partial charge in [-0.05, 0) is 33.6 Å². The molecule has 1 aliphatic rings. The first kappa shape index (κ1) is 18.7. The monoisotopic (exact) mass is 329 g/mol. The number of amides is 3. The molecule has 3 amide bonds. The summed E-state index contributed by atoms with van der Waals surface area (Å²) in [5, 5.41) is 13.6. The number of hydrogen-bond donors (Lipinski definition) is 3. The van der Waals surface area contributed by atoms with E-state index < -0.39 is 35.5 Å². The summed E-state index contributed by atoms with van der Waals surface area (Å²) in [6, 6.07) is -0.834. The Bertz CT molecular complexity index is 485. The van der Waals surface area contributed by atoms with Crippen molar-refractivity contribution in [1.82, 2.24) is 15.5 Å². The second-order valence-corrected chi connectivity index (χ2v) is 6.22. The highest BCUT2D eigenvalue weighted by molar-refractivity contribution is 5.89. The minimum Gasteiger partial charge on any atom is -0.480 e. The third-order valence-corrected chi connectivity index (χ3v) is 3.09. The van der Waals surface area contributed by atoms with Crippen LogP contribution in [0.5, 0.6) is 0 Å². The molecular formula is C14H23N3O6. The van der Waals surface area contributed by atoms with Crippen molar-refractivity contribution in [3.8, 4) is 0 Å². The van der Waals surface area contributed by atoms with Crippen LogP contribution in [0.2, 0.25) is 0 Å². The minimum atomic E-state index is -1.05. The topological polar surface area (TPSA) is 125 Å². The maximum Gasteiger partial charge on any atom is 0.408 e. The molecule has 0 aromatic heterocycles. The summed E-state index contributed by atoms with van der Waals surface area (Å²) in [6.45, 7) is 4.81. The summed E-state index contributed by atoms with van der Waals surface area (Å²) in [7, 11) is 0. The Kier molecular flexibility index (Phi) is 6.35. The molecule has 0 aromatic carbocycles. The molecule has 0 radical (unpaired) electrons. The first-order valence-electron chi connectivity index (χ1n) is 7.36. The molecule has 130 valence electrons. The van der Waals surface area contributed by atoms with Crippen molar-refractivity contribution in [3.63, 3.8) is 0 Å². The van der Waals surface area contributed by atoms with Crippen molar-refractivity contribution >= 4 is 23.9 Å². The van der Waals surface area contributed by atoms with E-state index in [1.165, 1.54) is 4.90 Å². The highest BCUT2D eigenvalue weighted by atomic mass is 16.6. The smallest absolute Gasteiger partial charge is 0.408 e. The summed E-state index contributed by atoms with van der Waals surface area (Å²) in [6.07, 6.45) is 0.302. The molecule has 9 nitrogen and oxygen atoms in total. The van der Waals surface area contributed by atoms with E-state index >= 15 is 0 Å². The summed E-state index contributed by atoms with van der Waals surface area (Å²) >= 11 is 0. The predicted octanol–water partition coefficient (Wildman–Crippen LogP) is -0.297. The molecule has 3 N–H and O–H groups in total. The summed E-state index contributed by atoms with van der Waals surface area (Å²) < 4.78 is 4.96. The predicted molar refractivity (Wildman–Crippen MR) is 79.6 cm³/mol. The van der Waals surface area contributed by atoms with Crippen LogP contribution in [0, 0.1) is 0 Å². The maximum absolute atomic E-state index is 11.9. The highest BCUT2D eigenvalue weighted by Crippen LogP contribution is 2.17. The summed E-state index contributed by atoms with van der Waals surface area (Å²) in [5.74, 6) is -2.07. The number of nitrogens with one attached hydrogen (secondary N) is 2. The Morgan fingerprint density at radius 1 is 1.17 bits per heavy atom. The van der Waals surface area contributed by atoms with Gasteiger partial charge in [-0.25, -0.2) is 9.59 Å². The molecule has 0 saturated carbocycles. The van der Waals surface area contributed by atoms with Crippen LogP contribution in [0.4, 0.5) is 4.79 Å². The van der Waals surface area contributed by atoms with E-state index in [9.17, 15) is 19.2 Å². The van der Waals surface area contributed by atoms with Crippen molar-refractivity contribution < 1.29 is 29.0 Å². The Labute approximate surface area is 134 Å². The number of carboxylic acid groups (broad SMARTS) is 1. The van der Waals surface area contributed by atoms with Crippen LogP contribution in [0.1, 0.15) is 33.6 Å². The Balaban J connectivity index is 2.32. The molecule has 1 rings (SSSR count). The average Bonchev–Trinajstić information content (AvgIpc) is 2.90. The van der Waals surface area contributed by atoms with Crippen LogP contribution in [-0.4, -0.2) is 65.2 Å². The molecule has 0 aromatic rings. The fourth-order valence-electron chi connectivity index (χ4n) is 2.13. The number of aliphatic carboxylic acids is 1. The Hall–Kier alpha value is -2.32. The van der Waals surface area contributed by atoms with Gasteiger partial charge in [0, 0.05) is 6.54 Å². The number of likely N-dealkylation sites (tertiary alicyclic amines) is 1. The second kappa shape index (κ2) is 7.80. The number of nitrogens with zero attached hydrogens (tertiary/aromatic N) is 1. The van der Waals surface area contributed by atoms with Gasteiger partial charge < -0.3 is 25.4 Å². The van der Waals surface area contributed by atoms with E-state index in [0.717, 1.165) is 0 Å². The van der Waals surface area contributed by atoms with Crippen molar-refractivity contribution in [2.45, 2.75) is 45.3 Å². The Morgan fingerprint density at radius 3 is 2.39 bits per heavy atom. The maximum atomic E-state index is 11.9. The van der Waals surface area contributed by atoms with Gasteiger partial charge in [0.1, 0.15) is 18.2 Å². The lowest BCUT2D eigenvalue weighted by molar-refractivity contribution is -0.148. The molecule has 0 unspecified atom stereocenters. The molecule has 23 heavy (non-hydrogen) atoms. The third kappa shape index (κ3) is 6.54. The number of hydrogen-bond acceptors (Lipinski definition) is 5. The van der Waals surface area contributed by atoms with Gasteiger partial charge in [-0.15, -0.1) is 0 Å². The van der Waals surface area contributed by atoms with Gasteiger partial charge >= 0.3 is 12.1 Å². The average molecular weight is 329 g/mol. The largest absolute Gasteiger partial charge is 0.480 e. The number of carbonyl (C=O) groups excluding carboxylic acids is 3. The Morgan fingerprint density at radius 2 is 1.83 bits per heavy atom. The molecule has 9 heteroatoms. The van der Waals surface area contributed by atoms with Gasteiger partial charge in [0.2, 0.25) is 11.8 Å². The molecule has 1 atom stereocenters. The van der Waals surface area contributed by atoms with Crippen molar-refractivity contribution in [3.05, 3.63) is 0 Å². The lowest BCUT2D eigenvalue weighted by Gasteiger charge is -2.21. The van der Waals surface area contributed by atoms with Crippen LogP contribution in [-0.2, 0) is 19.1 Å². The van der Waals surface area contributed by atoms with Crippen molar-refractivity contribution in [1.29, 1.82) is 0 Å². The van der Waals surface area contributed by atoms with E-state index in [1.807, 2.05) is 0 Å². The lowest BCUT2D eigenvalue weighted by Crippen LogP contribution is -2.47. The molecular weight excluding hydrogens is 306 g/mol. The van der Waals surface area contributed by atoms with Crippen molar-refractivity contribution in [2.75, 3.05) is 19.6 Å². The lowest BCUT2D eigenvalue weighted by atomic mass is 10.2. The normalized spacial score (nSPS) is 17.5. The molecule has 0 aliphatic carbocycles. The number of rotatable bonds is 5. The number of alkyl carbamates (subject to hydrolysis) is 1. The SMILES string of the molecule is CC(C)(C)OC(=O)NCC(=O)NCC(=O)N1CCC[C@H]1C(=O)O. The van der Waals surface area contributed by atoms with Crippen LogP contribution in [0.15, 0.2) is 0 Å². The third-order valence-electron chi connectivity index (χ3n) is 3.09. The van der Waals surface area contributed by atoms with Gasteiger partial charge in [-0.2, -0.15) is 0 Å². The number of carboxylic acids is 1. The zero-order valence-corrected chi connectivity index (χ0v) is 13.5. The van der Waals surface area contributed by atoms with Gasteiger partial charge in [0.15, 0.2) is 0 Å². The zero-order valence-electron chi connectivity index (χ0n) is 13.5. The minimum absolute atomic E-state index is 0.307. The van der Waals surface area contributed by atoms with E-state index in [2.05, 4.69) is 10.6 Å². The summed E-state index contributed by atoms with van der Waals surface area (Å²) in [4.78, 5) is 47.1.